The summed E-state index contributed by atoms with van der Waals surface area (Å²) in [6.45, 7) is 3.12. The zero-order chi connectivity index (χ0) is 29.2. The number of aliphatic carboxylic acids is 2. The molecule has 16 heteroatoms. The molecule has 2 saturated heterocycles. The maximum absolute atomic E-state index is 12.4. The molecule has 0 saturated carbocycles. The number of aromatic nitrogens is 1. The van der Waals surface area contributed by atoms with Gasteiger partial charge in [-0.3, -0.25) is 14.7 Å². The van der Waals surface area contributed by atoms with Crippen LogP contribution in [0.2, 0.25) is 0 Å². The van der Waals surface area contributed by atoms with Gasteiger partial charge in [-0.15, -0.1) is 0 Å². The van der Waals surface area contributed by atoms with Crippen LogP contribution >= 0.6 is 0 Å². The minimum absolute atomic E-state index is 0.0300. The van der Waals surface area contributed by atoms with E-state index in [1.54, 1.807) is 12.5 Å². The van der Waals surface area contributed by atoms with Gasteiger partial charge in [0.25, 0.3) is 0 Å². The largest absolute Gasteiger partial charge is 0.490 e. The number of alkyl halides is 6. The molecule has 0 unspecified atom stereocenters. The van der Waals surface area contributed by atoms with E-state index in [1.165, 1.54) is 0 Å². The molecular weight excluding hydrogens is 544 g/mol. The third kappa shape index (κ3) is 10.9. The molecule has 39 heavy (non-hydrogen) atoms. The summed E-state index contributed by atoms with van der Waals surface area (Å²) >= 11 is 0. The van der Waals surface area contributed by atoms with E-state index < -0.39 is 24.3 Å². The van der Waals surface area contributed by atoms with E-state index in [2.05, 4.69) is 15.2 Å². The molecule has 0 aliphatic carbocycles. The van der Waals surface area contributed by atoms with Crippen molar-refractivity contribution < 1.29 is 60.1 Å². The topological polar surface area (TPSA) is 142 Å². The third-order valence-electron chi connectivity index (χ3n) is 5.54. The summed E-state index contributed by atoms with van der Waals surface area (Å²) in [5, 5.41) is 17.2. The summed E-state index contributed by atoms with van der Waals surface area (Å²) < 4.78 is 75.0. The number of carbonyl (C=O) groups is 3. The normalized spacial score (nSPS) is 20.9. The number of pyridine rings is 1. The molecule has 4 heterocycles. The second kappa shape index (κ2) is 13.9. The fraction of sp³-hybridized carbons (Fsp3) is 0.478. The Balaban J connectivity index is 0.000000317. The number of carboxylic acids is 2. The van der Waals surface area contributed by atoms with Crippen molar-refractivity contribution in [1.29, 1.82) is 0 Å². The fourth-order valence-corrected chi connectivity index (χ4v) is 3.72. The molecule has 4 rings (SSSR count). The highest BCUT2D eigenvalue weighted by molar-refractivity contribution is 5.81. The Morgan fingerprint density at radius 3 is 2.18 bits per heavy atom. The van der Waals surface area contributed by atoms with Crippen LogP contribution in [0.3, 0.4) is 0 Å². The highest BCUT2D eigenvalue weighted by Crippen LogP contribution is 2.33. The van der Waals surface area contributed by atoms with E-state index >= 15 is 0 Å². The van der Waals surface area contributed by atoms with Crippen molar-refractivity contribution in [2.45, 2.75) is 50.5 Å². The van der Waals surface area contributed by atoms with Crippen LogP contribution in [0.1, 0.15) is 24.3 Å². The summed E-state index contributed by atoms with van der Waals surface area (Å²) in [6, 6.07) is 9.60. The molecule has 0 bridgehead atoms. The number of rotatable bonds is 5. The number of carboxylic acid groups (broad SMARTS) is 2. The van der Waals surface area contributed by atoms with E-state index in [-0.39, 0.29) is 18.1 Å². The molecule has 2 aliphatic heterocycles. The van der Waals surface area contributed by atoms with E-state index in [0.717, 1.165) is 43.9 Å². The molecule has 0 aromatic carbocycles. The fourth-order valence-electron chi connectivity index (χ4n) is 3.72. The monoisotopic (exact) mass is 569 g/mol. The van der Waals surface area contributed by atoms with Gasteiger partial charge < -0.3 is 24.7 Å². The predicted octanol–water partition coefficient (Wildman–Crippen LogP) is 3.24. The standard InChI is InChI=1S/C19H23N3O3.2C2HF3O2/c23-19(21-11-15-4-1-2-7-20-15)17-10-14-6-8-22(13-18(14)25-17)12-16-5-3-9-24-16;2*3-2(4,5)1(6)7/h1-5,7,9,14,17-18H,6,8,10-13H2,(H,21,23);2*(H,6,7)/t14-,17-,18+;;/m0../s1. The van der Waals surface area contributed by atoms with Crippen LogP contribution in [0.25, 0.3) is 0 Å². The number of piperidine rings is 1. The lowest BCUT2D eigenvalue weighted by molar-refractivity contribution is -0.193. The van der Waals surface area contributed by atoms with Gasteiger partial charge in [0, 0.05) is 12.7 Å². The highest BCUT2D eigenvalue weighted by Gasteiger charge is 2.42. The predicted molar refractivity (Wildman–Crippen MR) is 119 cm³/mol. The number of nitrogens with one attached hydrogen (secondary N) is 1. The van der Waals surface area contributed by atoms with E-state index in [1.807, 2.05) is 30.3 Å². The molecule has 0 spiro atoms. The van der Waals surface area contributed by atoms with E-state index in [9.17, 15) is 31.1 Å². The molecule has 2 aromatic heterocycles. The number of halogens is 6. The Labute approximate surface area is 217 Å². The van der Waals surface area contributed by atoms with Gasteiger partial charge in [-0.1, -0.05) is 6.07 Å². The zero-order valence-electron chi connectivity index (χ0n) is 20.1. The van der Waals surface area contributed by atoms with E-state index in [0.29, 0.717) is 12.5 Å². The zero-order valence-corrected chi connectivity index (χ0v) is 20.1. The molecule has 10 nitrogen and oxygen atoms in total. The lowest BCUT2D eigenvalue weighted by Crippen LogP contribution is -2.42. The van der Waals surface area contributed by atoms with Gasteiger partial charge in [-0.05, 0) is 49.6 Å². The summed E-state index contributed by atoms with van der Waals surface area (Å²) in [6.07, 6.45) is -5.06. The SMILES string of the molecule is O=C(NCc1ccccn1)[C@@H]1C[C@@H]2CCN(Cc3ccco3)C[C@H]2O1.O=C(O)C(F)(F)F.O=C(O)C(F)(F)F. The summed E-state index contributed by atoms with van der Waals surface area (Å²) in [5.74, 6) is -4.10. The lowest BCUT2D eigenvalue weighted by Gasteiger charge is -2.33. The number of amides is 1. The Hall–Kier alpha value is -3.66. The molecule has 1 amide bonds. The number of nitrogens with zero attached hydrogens (tertiary/aromatic N) is 2. The molecule has 2 fully saturated rings. The van der Waals surface area contributed by atoms with Crippen LogP contribution < -0.4 is 5.32 Å². The van der Waals surface area contributed by atoms with Crippen molar-refractivity contribution >= 4 is 17.8 Å². The first-order valence-corrected chi connectivity index (χ1v) is 11.3. The van der Waals surface area contributed by atoms with Gasteiger partial charge >= 0.3 is 24.3 Å². The maximum atomic E-state index is 12.4. The van der Waals surface area contributed by atoms with Crippen LogP contribution in [-0.2, 0) is 32.2 Å². The molecule has 0 radical (unpaired) electrons. The lowest BCUT2D eigenvalue weighted by atomic mass is 9.91. The average Bonchev–Trinajstić information content (AvgIpc) is 3.52. The van der Waals surface area contributed by atoms with Crippen LogP contribution in [-0.4, -0.2) is 75.6 Å². The van der Waals surface area contributed by atoms with Crippen molar-refractivity contribution in [3.05, 3.63) is 54.2 Å². The minimum Gasteiger partial charge on any atom is -0.475 e. The Bertz CT molecular complexity index is 1040. The Morgan fingerprint density at radius 1 is 1.03 bits per heavy atom. The van der Waals surface area contributed by atoms with Gasteiger partial charge in [-0.25, -0.2) is 9.59 Å². The van der Waals surface area contributed by atoms with Gasteiger partial charge in [-0.2, -0.15) is 26.3 Å². The molecule has 3 atom stereocenters. The quantitative estimate of drug-likeness (QED) is 0.463. The first kappa shape index (κ1) is 31.6. The summed E-state index contributed by atoms with van der Waals surface area (Å²) in [4.78, 5) is 36.8. The van der Waals surface area contributed by atoms with Gasteiger partial charge in [0.15, 0.2) is 0 Å². The van der Waals surface area contributed by atoms with Crippen molar-refractivity contribution in [2.75, 3.05) is 13.1 Å². The second-order valence-corrected chi connectivity index (χ2v) is 8.41. The van der Waals surface area contributed by atoms with Crippen LogP contribution in [0.5, 0.6) is 0 Å². The summed E-state index contributed by atoms with van der Waals surface area (Å²) in [7, 11) is 0. The highest BCUT2D eigenvalue weighted by atomic mass is 19.4. The number of likely N-dealkylation sites (tertiary alicyclic amines) is 1. The molecule has 3 N–H and O–H groups in total. The summed E-state index contributed by atoms with van der Waals surface area (Å²) in [5.41, 5.74) is 0.857. The molecule has 216 valence electrons. The Kier molecular flexibility index (Phi) is 11.3. The molecular formula is C23H25F6N3O7. The van der Waals surface area contributed by atoms with Crippen LogP contribution in [0.4, 0.5) is 26.3 Å². The van der Waals surface area contributed by atoms with Crippen LogP contribution in [0, 0.1) is 5.92 Å². The smallest absolute Gasteiger partial charge is 0.475 e. The van der Waals surface area contributed by atoms with Gasteiger partial charge in [0.05, 0.1) is 31.2 Å². The molecule has 2 aromatic rings. The van der Waals surface area contributed by atoms with Crippen molar-refractivity contribution in [3.63, 3.8) is 0 Å². The second-order valence-electron chi connectivity index (χ2n) is 8.41. The number of ether oxygens (including phenoxy) is 1. The number of hydrogen-bond donors (Lipinski definition) is 3. The first-order valence-electron chi connectivity index (χ1n) is 11.3. The number of furan rings is 1. The van der Waals surface area contributed by atoms with Crippen molar-refractivity contribution in [3.8, 4) is 0 Å². The number of fused-ring (bicyclic) bond motifs is 1. The average molecular weight is 569 g/mol. The number of hydrogen-bond acceptors (Lipinski definition) is 7. The van der Waals surface area contributed by atoms with Gasteiger partial charge in [0.1, 0.15) is 11.9 Å². The molecule has 2 aliphatic rings. The third-order valence-corrected chi connectivity index (χ3v) is 5.54. The Morgan fingerprint density at radius 2 is 1.67 bits per heavy atom. The maximum Gasteiger partial charge on any atom is 0.490 e. The van der Waals surface area contributed by atoms with E-state index in [4.69, 9.17) is 29.0 Å². The number of carbonyl (C=O) groups excluding carboxylic acids is 1. The van der Waals surface area contributed by atoms with Crippen molar-refractivity contribution in [1.82, 2.24) is 15.2 Å². The van der Waals surface area contributed by atoms with Crippen molar-refractivity contribution in [2.24, 2.45) is 5.92 Å². The first-order chi connectivity index (χ1) is 18.2. The van der Waals surface area contributed by atoms with Gasteiger partial charge in [0.2, 0.25) is 5.91 Å². The minimum atomic E-state index is -5.08. The van der Waals surface area contributed by atoms with Crippen LogP contribution in [0.15, 0.2) is 47.2 Å².